The first-order valence-corrected chi connectivity index (χ1v) is 12.2. The summed E-state index contributed by atoms with van der Waals surface area (Å²) in [6, 6.07) is 15.2. The van der Waals surface area contributed by atoms with Crippen molar-refractivity contribution in [1.82, 2.24) is 10.0 Å². The molecule has 35 heavy (non-hydrogen) atoms. The molecule has 0 fully saturated rings. The monoisotopic (exact) mass is 499 g/mol. The summed E-state index contributed by atoms with van der Waals surface area (Å²) in [6.07, 6.45) is -0.152. The third kappa shape index (κ3) is 7.36. The Morgan fingerprint density at radius 2 is 1.40 bits per heavy atom. The number of hydrogen-bond acceptors (Lipinski definition) is 5. The predicted molar refractivity (Wildman–Crippen MR) is 130 cm³/mol. The van der Waals surface area contributed by atoms with Gasteiger partial charge in [-0.2, -0.15) is 4.72 Å². The lowest BCUT2D eigenvalue weighted by Crippen LogP contribution is -2.53. The van der Waals surface area contributed by atoms with Gasteiger partial charge in [0, 0.05) is 12.1 Å². The molecule has 0 aliphatic rings. The molecule has 3 aromatic rings. The van der Waals surface area contributed by atoms with E-state index in [1.54, 1.807) is 36.4 Å². The molecule has 0 spiro atoms. The fourth-order valence-electron chi connectivity index (χ4n) is 3.38. The molecule has 3 aromatic carbocycles. The third-order valence-electron chi connectivity index (χ3n) is 5.33. The lowest BCUT2D eigenvalue weighted by molar-refractivity contribution is -0.142. The minimum absolute atomic E-state index is 0.0284. The van der Waals surface area contributed by atoms with Crippen molar-refractivity contribution < 1.29 is 27.5 Å². The third-order valence-corrected chi connectivity index (χ3v) is 6.82. The van der Waals surface area contributed by atoms with E-state index in [0.29, 0.717) is 16.8 Å². The summed E-state index contributed by atoms with van der Waals surface area (Å²) in [4.78, 5) is 24.9. The highest BCUT2D eigenvalue weighted by molar-refractivity contribution is 7.89. The first-order chi connectivity index (χ1) is 16.5. The van der Waals surface area contributed by atoms with E-state index in [9.17, 15) is 27.5 Å². The number of anilines is 1. The van der Waals surface area contributed by atoms with Crippen molar-refractivity contribution >= 4 is 27.6 Å². The molecule has 0 saturated heterocycles. The number of nitrogens with one attached hydrogen (secondary N) is 2. The number of carboxylic acids is 1. The van der Waals surface area contributed by atoms with E-state index in [1.165, 1.54) is 36.4 Å². The molecule has 5 N–H and O–H groups in total. The molecule has 184 valence electrons. The van der Waals surface area contributed by atoms with Gasteiger partial charge in [-0.25, -0.2) is 17.6 Å². The van der Waals surface area contributed by atoms with Crippen LogP contribution in [0.15, 0.2) is 77.7 Å². The molecule has 0 aliphatic heterocycles. The fourth-order valence-corrected chi connectivity index (χ4v) is 4.57. The number of carboxylic acid groups (broad SMARTS) is 1. The number of nitrogen functional groups attached to an aromatic ring is 1. The zero-order chi connectivity index (χ0) is 25.6. The number of sulfonamides is 1. The highest BCUT2D eigenvalue weighted by atomic mass is 32.2. The van der Waals surface area contributed by atoms with Crippen LogP contribution < -0.4 is 15.8 Å². The van der Waals surface area contributed by atoms with Crippen LogP contribution in [0.1, 0.15) is 16.7 Å². The summed E-state index contributed by atoms with van der Waals surface area (Å²) in [5.41, 5.74) is 8.19. The van der Waals surface area contributed by atoms with Crippen molar-refractivity contribution in [3.8, 4) is 0 Å². The van der Waals surface area contributed by atoms with Crippen molar-refractivity contribution in [2.75, 3.05) is 5.73 Å². The van der Waals surface area contributed by atoms with E-state index in [0.717, 1.165) is 5.56 Å². The number of hydrogen-bond donors (Lipinski definition) is 4. The molecule has 0 heterocycles. The van der Waals surface area contributed by atoms with Gasteiger partial charge >= 0.3 is 5.97 Å². The van der Waals surface area contributed by atoms with E-state index >= 15 is 0 Å². The maximum atomic E-state index is 13.2. The van der Waals surface area contributed by atoms with Gasteiger partial charge in [-0.05, 0) is 60.9 Å². The lowest BCUT2D eigenvalue weighted by Gasteiger charge is -2.22. The smallest absolute Gasteiger partial charge is 0.326 e. The van der Waals surface area contributed by atoms with Crippen molar-refractivity contribution in [3.63, 3.8) is 0 Å². The van der Waals surface area contributed by atoms with Gasteiger partial charge in [0.2, 0.25) is 15.9 Å². The van der Waals surface area contributed by atoms with Crippen LogP contribution in [0.3, 0.4) is 0 Å². The van der Waals surface area contributed by atoms with Gasteiger partial charge in [-0.3, -0.25) is 4.79 Å². The van der Waals surface area contributed by atoms with Crippen LogP contribution in [0.2, 0.25) is 0 Å². The number of rotatable bonds is 10. The standard InChI is InChI=1S/C25H26FN3O5S/c1-16-2-12-21(13-3-16)35(33,34)29-22(14-18-6-10-20(27)11-7-18)24(30)28-23(25(31)32)15-17-4-8-19(26)9-5-17/h2-13,22-23,29H,14-15,27H2,1H3,(H,28,30)(H,31,32). The quantitative estimate of drug-likeness (QED) is 0.316. The van der Waals surface area contributed by atoms with Crippen molar-refractivity contribution in [1.29, 1.82) is 0 Å². The van der Waals surface area contributed by atoms with Crippen LogP contribution in [0.25, 0.3) is 0 Å². The van der Waals surface area contributed by atoms with Crippen LogP contribution in [0.4, 0.5) is 10.1 Å². The normalized spacial score (nSPS) is 13.1. The second-order valence-electron chi connectivity index (χ2n) is 8.16. The molecule has 1 amide bonds. The van der Waals surface area contributed by atoms with Crippen LogP contribution in [0, 0.1) is 12.7 Å². The Hall–Kier alpha value is -3.76. The molecule has 2 atom stereocenters. The van der Waals surface area contributed by atoms with Crippen molar-refractivity contribution in [2.24, 2.45) is 0 Å². The lowest BCUT2D eigenvalue weighted by atomic mass is 10.0. The Labute approximate surface area is 203 Å². The highest BCUT2D eigenvalue weighted by Crippen LogP contribution is 2.14. The van der Waals surface area contributed by atoms with Gasteiger partial charge in [0.15, 0.2) is 0 Å². The molecule has 0 bridgehead atoms. The van der Waals surface area contributed by atoms with Crippen LogP contribution in [-0.4, -0.2) is 37.5 Å². The molecular weight excluding hydrogens is 473 g/mol. The van der Waals surface area contributed by atoms with Crippen molar-refractivity contribution in [2.45, 2.75) is 36.7 Å². The number of aliphatic carboxylic acids is 1. The molecule has 0 saturated carbocycles. The molecule has 8 nitrogen and oxygen atoms in total. The van der Waals surface area contributed by atoms with Crippen LogP contribution in [-0.2, 0) is 32.5 Å². The number of nitrogens with two attached hydrogens (primary N) is 1. The Morgan fingerprint density at radius 3 is 1.94 bits per heavy atom. The number of benzene rings is 3. The summed E-state index contributed by atoms with van der Waals surface area (Å²) >= 11 is 0. The van der Waals surface area contributed by atoms with E-state index in [2.05, 4.69) is 10.0 Å². The molecular formula is C25H26FN3O5S. The summed E-state index contributed by atoms with van der Waals surface area (Å²) in [6.45, 7) is 1.81. The van der Waals surface area contributed by atoms with Gasteiger partial charge in [0.1, 0.15) is 17.9 Å². The summed E-state index contributed by atoms with van der Waals surface area (Å²) < 4.78 is 41.5. The predicted octanol–water partition coefficient (Wildman–Crippen LogP) is 2.42. The Balaban J connectivity index is 1.85. The van der Waals surface area contributed by atoms with Gasteiger partial charge in [-0.15, -0.1) is 0 Å². The molecule has 0 aromatic heterocycles. The Kier molecular flexibility index (Phi) is 8.21. The van der Waals surface area contributed by atoms with Crippen molar-refractivity contribution in [3.05, 3.63) is 95.3 Å². The zero-order valence-corrected chi connectivity index (χ0v) is 19.8. The SMILES string of the molecule is Cc1ccc(S(=O)(=O)NC(Cc2ccc(N)cc2)C(=O)NC(Cc2ccc(F)cc2)C(=O)O)cc1. The van der Waals surface area contributed by atoms with E-state index in [4.69, 9.17) is 5.73 Å². The largest absolute Gasteiger partial charge is 0.480 e. The number of aryl methyl sites for hydroxylation is 1. The fraction of sp³-hybridized carbons (Fsp3) is 0.200. The zero-order valence-electron chi connectivity index (χ0n) is 18.9. The number of amides is 1. The molecule has 0 aliphatic carbocycles. The first-order valence-electron chi connectivity index (χ1n) is 10.7. The second-order valence-corrected chi connectivity index (χ2v) is 9.88. The van der Waals surface area contributed by atoms with Crippen LogP contribution in [0.5, 0.6) is 0 Å². The number of carbonyl (C=O) groups is 2. The Bertz CT molecular complexity index is 1280. The first kappa shape index (κ1) is 25.9. The molecule has 10 heteroatoms. The minimum atomic E-state index is -4.09. The van der Waals surface area contributed by atoms with Gasteiger partial charge < -0.3 is 16.2 Å². The molecule has 3 rings (SSSR count). The van der Waals surface area contributed by atoms with E-state index < -0.39 is 39.8 Å². The minimum Gasteiger partial charge on any atom is -0.480 e. The van der Waals surface area contributed by atoms with Crippen LogP contribution >= 0.6 is 0 Å². The average Bonchev–Trinajstić information content (AvgIpc) is 2.81. The summed E-state index contributed by atoms with van der Waals surface area (Å²) in [7, 11) is -4.09. The highest BCUT2D eigenvalue weighted by Gasteiger charge is 2.29. The van der Waals surface area contributed by atoms with Gasteiger partial charge in [0.05, 0.1) is 4.90 Å². The second kappa shape index (κ2) is 11.1. The maximum Gasteiger partial charge on any atom is 0.326 e. The summed E-state index contributed by atoms with van der Waals surface area (Å²) in [5.74, 6) is -2.60. The molecule has 2 unspecified atom stereocenters. The summed E-state index contributed by atoms with van der Waals surface area (Å²) in [5, 5.41) is 12.0. The Morgan fingerprint density at radius 1 is 0.886 bits per heavy atom. The van der Waals surface area contributed by atoms with E-state index in [1.807, 2.05) is 6.92 Å². The average molecular weight is 500 g/mol. The molecule has 0 radical (unpaired) electrons. The topological polar surface area (TPSA) is 139 Å². The van der Waals surface area contributed by atoms with Gasteiger partial charge in [-0.1, -0.05) is 42.0 Å². The number of halogens is 1. The van der Waals surface area contributed by atoms with E-state index in [-0.39, 0.29) is 17.7 Å². The maximum absolute atomic E-state index is 13.2. The van der Waals surface area contributed by atoms with Gasteiger partial charge in [0.25, 0.3) is 0 Å². The number of carbonyl (C=O) groups excluding carboxylic acids is 1.